The summed E-state index contributed by atoms with van der Waals surface area (Å²) in [6, 6.07) is 16.2. The van der Waals surface area contributed by atoms with Crippen LogP contribution in [0.5, 0.6) is 0 Å². The van der Waals surface area contributed by atoms with Crippen molar-refractivity contribution in [1.82, 2.24) is 0 Å². The molecule has 0 fully saturated rings. The molecule has 1 heterocycles. The number of carbonyl (C=O) groups excluding carboxylic acids is 1. The van der Waals surface area contributed by atoms with E-state index in [4.69, 9.17) is 9.68 Å². The lowest BCUT2D eigenvalue weighted by Gasteiger charge is -2.02. The standard InChI is InChI=1S/C17H12N2O2/c1-11-2-5-13-9-16(21-15(13)8-11)17(20)19-14-6-3-12(10-18)4-7-14/h2-9H,1H3,(H,19,20). The average Bonchev–Trinajstić information content (AvgIpc) is 2.91. The first-order valence-electron chi connectivity index (χ1n) is 6.47. The largest absolute Gasteiger partial charge is 0.451 e. The second-order valence-electron chi connectivity index (χ2n) is 4.80. The Bertz CT molecular complexity index is 855. The number of nitrogens with zero attached hydrogens (tertiary/aromatic N) is 1. The van der Waals surface area contributed by atoms with Crippen LogP contribution >= 0.6 is 0 Å². The molecular weight excluding hydrogens is 264 g/mol. The number of furan rings is 1. The van der Waals surface area contributed by atoms with Gasteiger partial charge in [0.05, 0.1) is 11.6 Å². The summed E-state index contributed by atoms with van der Waals surface area (Å²) >= 11 is 0. The predicted molar refractivity (Wildman–Crippen MR) is 80.1 cm³/mol. The molecule has 0 atom stereocenters. The number of amides is 1. The molecular formula is C17H12N2O2. The van der Waals surface area contributed by atoms with Gasteiger partial charge >= 0.3 is 0 Å². The molecule has 102 valence electrons. The number of carbonyl (C=O) groups is 1. The number of hydrogen-bond donors (Lipinski definition) is 1. The number of fused-ring (bicyclic) bond motifs is 1. The van der Waals surface area contributed by atoms with Crippen LogP contribution < -0.4 is 5.32 Å². The van der Waals surface area contributed by atoms with Gasteiger partial charge in [-0.25, -0.2) is 0 Å². The van der Waals surface area contributed by atoms with Gasteiger partial charge in [0.1, 0.15) is 5.58 Å². The number of benzene rings is 2. The summed E-state index contributed by atoms with van der Waals surface area (Å²) < 4.78 is 5.56. The quantitative estimate of drug-likeness (QED) is 0.772. The van der Waals surface area contributed by atoms with Gasteiger partial charge in [0.2, 0.25) is 0 Å². The van der Waals surface area contributed by atoms with Gasteiger partial charge in [-0.05, 0) is 48.9 Å². The van der Waals surface area contributed by atoms with E-state index >= 15 is 0 Å². The summed E-state index contributed by atoms with van der Waals surface area (Å²) in [5, 5.41) is 12.4. The first-order valence-corrected chi connectivity index (χ1v) is 6.47. The van der Waals surface area contributed by atoms with Gasteiger partial charge in [-0.2, -0.15) is 5.26 Å². The van der Waals surface area contributed by atoms with Crippen molar-refractivity contribution in [2.45, 2.75) is 6.92 Å². The molecule has 0 bridgehead atoms. The van der Waals surface area contributed by atoms with Gasteiger partial charge in [0, 0.05) is 11.1 Å². The first kappa shape index (κ1) is 12.9. The maximum absolute atomic E-state index is 12.2. The fraction of sp³-hybridized carbons (Fsp3) is 0.0588. The molecule has 1 N–H and O–H groups in total. The molecule has 0 spiro atoms. The summed E-state index contributed by atoms with van der Waals surface area (Å²) in [6.45, 7) is 1.97. The van der Waals surface area contributed by atoms with E-state index in [1.807, 2.05) is 31.2 Å². The number of rotatable bonds is 2. The summed E-state index contributed by atoms with van der Waals surface area (Å²) in [5.74, 6) is -0.0477. The Hall–Kier alpha value is -3.06. The summed E-state index contributed by atoms with van der Waals surface area (Å²) in [4.78, 5) is 12.2. The normalized spacial score (nSPS) is 10.3. The van der Waals surface area contributed by atoms with E-state index in [0.29, 0.717) is 16.8 Å². The molecule has 4 nitrogen and oxygen atoms in total. The van der Waals surface area contributed by atoms with Crippen LogP contribution in [0.1, 0.15) is 21.7 Å². The minimum atomic E-state index is -0.312. The van der Waals surface area contributed by atoms with Crippen LogP contribution in [0, 0.1) is 18.3 Å². The highest BCUT2D eigenvalue weighted by Crippen LogP contribution is 2.21. The Balaban J connectivity index is 1.84. The Morgan fingerprint density at radius 3 is 2.62 bits per heavy atom. The third-order valence-electron chi connectivity index (χ3n) is 3.17. The van der Waals surface area contributed by atoms with E-state index in [0.717, 1.165) is 10.9 Å². The highest BCUT2D eigenvalue weighted by molar-refractivity contribution is 6.04. The van der Waals surface area contributed by atoms with Crippen LogP contribution in [0.3, 0.4) is 0 Å². The lowest BCUT2D eigenvalue weighted by Crippen LogP contribution is -2.10. The molecule has 3 aromatic rings. The second-order valence-corrected chi connectivity index (χ2v) is 4.80. The molecule has 4 heteroatoms. The predicted octanol–water partition coefficient (Wildman–Crippen LogP) is 3.87. The molecule has 1 amide bonds. The van der Waals surface area contributed by atoms with E-state index in [9.17, 15) is 4.79 Å². The van der Waals surface area contributed by atoms with Crippen LogP contribution in [0.15, 0.2) is 52.9 Å². The van der Waals surface area contributed by atoms with Gasteiger partial charge in [-0.3, -0.25) is 4.79 Å². The van der Waals surface area contributed by atoms with Gasteiger partial charge in [0.15, 0.2) is 5.76 Å². The fourth-order valence-corrected chi connectivity index (χ4v) is 2.07. The number of aryl methyl sites for hydroxylation is 1. The van der Waals surface area contributed by atoms with Crippen molar-refractivity contribution in [1.29, 1.82) is 5.26 Å². The van der Waals surface area contributed by atoms with Gasteiger partial charge in [-0.15, -0.1) is 0 Å². The maximum atomic E-state index is 12.2. The smallest absolute Gasteiger partial charge is 0.291 e. The summed E-state index contributed by atoms with van der Waals surface area (Å²) in [7, 11) is 0. The Morgan fingerprint density at radius 1 is 1.14 bits per heavy atom. The lowest BCUT2D eigenvalue weighted by molar-refractivity contribution is 0.0998. The highest BCUT2D eigenvalue weighted by Gasteiger charge is 2.12. The molecule has 0 aliphatic carbocycles. The minimum absolute atomic E-state index is 0.264. The minimum Gasteiger partial charge on any atom is -0.451 e. The first-order chi connectivity index (χ1) is 10.2. The topological polar surface area (TPSA) is 66.0 Å². The molecule has 0 aliphatic rings. The number of hydrogen-bond acceptors (Lipinski definition) is 3. The van der Waals surface area contributed by atoms with Crippen LogP contribution in [0.2, 0.25) is 0 Å². The molecule has 0 saturated heterocycles. The van der Waals surface area contributed by atoms with Crippen molar-refractivity contribution in [2.24, 2.45) is 0 Å². The third-order valence-corrected chi connectivity index (χ3v) is 3.17. The molecule has 0 saturated carbocycles. The van der Waals surface area contributed by atoms with Crippen molar-refractivity contribution in [3.05, 3.63) is 65.4 Å². The molecule has 1 aromatic heterocycles. The lowest BCUT2D eigenvalue weighted by atomic mass is 10.2. The molecule has 2 aromatic carbocycles. The highest BCUT2D eigenvalue weighted by atomic mass is 16.3. The zero-order valence-electron chi connectivity index (χ0n) is 11.4. The Morgan fingerprint density at radius 2 is 1.90 bits per heavy atom. The van der Waals surface area contributed by atoms with Crippen molar-refractivity contribution in [3.63, 3.8) is 0 Å². The van der Waals surface area contributed by atoms with Crippen molar-refractivity contribution >= 4 is 22.6 Å². The number of nitriles is 1. The van der Waals surface area contributed by atoms with Gasteiger partial charge < -0.3 is 9.73 Å². The second kappa shape index (κ2) is 5.14. The van der Waals surface area contributed by atoms with Crippen LogP contribution in [-0.4, -0.2) is 5.91 Å². The molecule has 0 aliphatic heterocycles. The van der Waals surface area contributed by atoms with Crippen LogP contribution in [0.25, 0.3) is 11.0 Å². The van der Waals surface area contributed by atoms with Gasteiger partial charge in [0.25, 0.3) is 5.91 Å². The molecule has 3 rings (SSSR count). The summed E-state index contributed by atoms with van der Waals surface area (Å²) in [6.07, 6.45) is 0. The maximum Gasteiger partial charge on any atom is 0.291 e. The van der Waals surface area contributed by atoms with E-state index in [1.54, 1.807) is 30.3 Å². The molecule has 0 unspecified atom stereocenters. The Labute approximate surface area is 121 Å². The fourth-order valence-electron chi connectivity index (χ4n) is 2.07. The third kappa shape index (κ3) is 2.63. The average molecular weight is 276 g/mol. The SMILES string of the molecule is Cc1ccc2cc(C(=O)Nc3ccc(C#N)cc3)oc2c1. The van der Waals surface area contributed by atoms with Crippen molar-refractivity contribution < 1.29 is 9.21 Å². The summed E-state index contributed by atoms with van der Waals surface area (Å²) in [5.41, 5.74) is 2.94. The van der Waals surface area contributed by atoms with E-state index < -0.39 is 0 Å². The molecule has 21 heavy (non-hydrogen) atoms. The van der Waals surface area contributed by atoms with Gasteiger partial charge in [-0.1, -0.05) is 12.1 Å². The molecule has 0 radical (unpaired) electrons. The van der Waals surface area contributed by atoms with Crippen molar-refractivity contribution in [2.75, 3.05) is 5.32 Å². The van der Waals surface area contributed by atoms with E-state index in [-0.39, 0.29) is 11.7 Å². The number of nitrogens with one attached hydrogen (secondary N) is 1. The monoisotopic (exact) mass is 276 g/mol. The number of anilines is 1. The van der Waals surface area contributed by atoms with E-state index in [2.05, 4.69) is 5.32 Å². The zero-order chi connectivity index (χ0) is 14.8. The zero-order valence-corrected chi connectivity index (χ0v) is 11.4. The van der Waals surface area contributed by atoms with Crippen molar-refractivity contribution in [3.8, 4) is 6.07 Å². The Kier molecular flexibility index (Phi) is 3.17. The van der Waals surface area contributed by atoms with E-state index in [1.165, 1.54) is 0 Å². The van der Waals surface area contributed by atoms with Crippen LogP contribution in [-0.2, 0) is 0 Å². The van der Waals surface area contributed by atoms with Crippen LogP contribution in [0.4, 0.5) is 5.69 Å².